The van der Waals surface area contributed by atoms with E-state index in [9.17, 15) is 24.3 Å². The Morgan fingerprint density at radius 2 is 1.46 bits per heavy atom. The molecule has 0 radical (unpaired) electrons. The maximum absolute atomic E-state index is 14.3. The summed E-state index contributed by atoms with van der Waals surface area (Å²) in [7, 11) is 8.76. The molecule has 1 heterocycles. The van der Waals surface area contributed by atoms with Crippen molar-refractivity contribution in [3.63, 3.8) is 0 Å². The SMILES string of the molecule is CC[C@H](C)C([C@@H](CC(=O)N1CCC[C@H]1[C@H](OC)[C@@H](C)C(=O)C[C@H](C)[C@@H](O)c1ccccc1)OC)N(C)C(=O)[C@@H](CC(=O)[C@H](C(C)C)N(C)C)C(C)C. The largest absolute Gasteiger partial charge is 0.388 e. The first kappa shape index (κ1) is 45.5. The van der Waals surface area contributed by atoms with Gasteiger partial charge in [-0.3, -0.25) is 24.1 Å². The Morgan fingerprint density at radius 1 is 0.846 bits per heavy atom. The maximum Gasteiger partial charge on any atom is 0.226 e. The molecule has 1 saturated heterocycles. The quantitative estimate of drug-likeness (QED) is 0.153. The van der Waals surface area contributed by atoms with Crippen LogP contribution in [0.25, 0.3) is 0 Å². The highest BCUT2D eigenvalue weighted by Crippen LogP contribution is 2.32. The van der Waals surface area contributed by atoms with E-state index < -0.39 is 36.2 Å². The average molecular weight is 730 g/mol. The van der Waals surface area contributed by atoms with Crippen molar-refractivity contribution >= 4 is 23.4 Å². The minimum absolute atomic E-state index is 0.0103. The van der Waals surface area contributed by atoms with Crippen LogP contribution in [0.5, 0.6) is 0 Å². The molecule has 2 amide bonds. The predicted octanol–water partition coefficient (Wildman–Crippen LogP) is 6.05. The normalized spacial score (nSPS) is 20.2. The van der Waals surface area contributed by atoms with Crippen LogP contribution in [0.2, 0.25) is 0 Å². The fourth-order valence-corrected chi connectivity index (χ4v) is 8.40. The number of methoxy groups -OCH3 is 2. The van der Waals surface area contributed by atoms with Crippen molar-refractivity contribution in [1.82, 2.24) is 14.7 Å². The summed E-state index contributed by atoms with van der Waals surface area (Å²) in [6, 6.07) is 8.40. The molecule has 1 aromatic carbocycles. The third-order valence-corrected chi connectivity index (χ3v) is 11.6. The van der Waals surface area contributed by atoms with Gasteiger partial charge in [-0.15, -0.1) is 0 Å². The minimum atomic E-state index is -0.761. The van der Waals surface area contributed by atoms with Crippen LogP contribution in [0.3, 0.4) is 0 Å². The van der Waals surface area contributed by atoms with Gasteiger partial charge in [0.1, 0.15) is 5.78 Å². The van der Waals surface area contributed by atoms with Gasteiger partial charge in [0, 0.05) is 52.5 Å². The number of rotatable bonds is 22. The lowest BCUT2D eigenvalue weighted by molar-refractivity contribution is -0.149. The minimum Gasteiger partial charge on any atom is -0.388 e. The van der Waals surface area contributed by atoms with E-state index >= 15 is 0 Å². The van der Waals surface area contributed by atoms with Gasteiger partial charge in [0.15, 0.2) is 5.78 Å². The van der Waals surface area contributed by atoms with Gasteiger partial charge in [-0.2, -0.15) is 0 Å². The van der Waals surface area contributed by atoms with Gasteiger partial charge in [-0.1, -0.05) is 92.1 Å². The summed E-state index contributed by atoms with van der Waals surface area (Å²) in [4.78, 5) is 61.1. The monoisotopic (exact) mass is 730 g/mol. The smallest absolute Gasteiger partial charge is 0.226 e. The summed E-state index contributed by atoms with van der Waals surface area (Å²) in [5, 5.41) is 10.9. The molecular formula is C42H71N3O7. The van der Waals surface area contributed by atoms with Crippen molar-refractivity contribution in [2.45, 2.75) is 130 Å². The Kier molecular flexibility index (Phi) is 18.6. The van der Waals surface area contributed by atoms with E-state index in [4.69, 9.17) is 9.47 Å². The third kappa shape index (κ3) is 11.7. The summed E-state index contributed by atoms with van der Waals surface area (Å²) in [5.41, 5.74) is 0.777. The number of carbonyl (C=O) groups excluding carboxylic acids is 4. The summed E-state index contributed by atoms with van der Waals surface area (Å²) in [6.45, 7) is 16.4. The van der Waals surface area contributed by atoms with Crippen molar-refractivity contribution in [3.8, 4) is 0 Å². The fourth-order valence-electron chi connectivity index (χ4n) is 8.40. The second-order valence-electron chi connectivity index (χ2n) is 16.3. The summed E-state index contributed by atoms with van der Waals surface area (Å²) < 4.78 is 12.0. The lowest BCUT2D eigenvalue weighted by atomic mass is 9.83. The lowest BCUT2D eigenvalue weighted by Gasteiger charge is -2.41. The van der Waals surface area contributed by atoms with Crippen LogP contribution < -0.4 is 0 Å². The van der Waals surface area contributed by atoms with Crippen LogP contribution in [-0.4, -0.2) is 115 Å². The fraction of sp³-hybridized carbons (Fsp3) is 0.762. The highest BCUT2D eigenvalue weighted by molar-refractivity contribution is 5.90. The average Bonchev–Trinajstić information content (AvgIpc) is 3.59. The van der Waals surface area contributed by atoms with E-state index in [1.807, 2.05) is 95.8 Å². The second kappa shape index (κ2) is 21.3. The van der Waals surface area contributed by atoms with E-state index in [1.54, 1.807) is 26.2 Å². The molecule has 1 N–H and O–H groups in total. The van der Waals surface area contributed by atoms with E-state index in [1.165, 1.54) is 0 Å². The molecule has 0 bridgehead atoms. The molecule has 1 fully saturated rings. The number of aliphatic hydroxyl groups is 1. The number of benzene rings is 1. The molecule has 1 aliphatic rings. The number of likely N-dealkylation sites (N-methyl/N-ethyl adjacent to an activating group) is 2. The van der Waals surface area contributed by atoms with Gasteiger partial charge < -0.3 is 24.4 Å². The van der Waals surface area contributed by atoms with Crippen molar-refractivity contribution in [1.29, 1.82) is 0 Å². The van der Waals surface area contributed by atoms with Crippen molar-refractivity contribution in [2.75, 3.05) is 41.9 Å². The first-order valence-corrected chi connectivity index (χ1v) is 19.5. The first-order chi connectivity index (χ1) is 24.4. The molecule has 1 aromatic rings. The zero-order chi connectivity index (χ0) is 39.4. The van der Waals surface area contributed by atoms with Gasteiger partial charge in [-0.25, -0.2) is 0 Å². The molecule has 52 heavy (non-hydrogen) atoms. The molecule has 0 aliphatic carbocycles. The van der Waals surface area contributed by atoms with Crippen LogP contribution in [0.4, 0.5) is 0 Å². The third-order valence-electron chi connectivity index (χ3n) is 11.6. The first-order valence-electron chi connectivity index (χ1n) is 19.5. The van der Waals surface area contributed by atoms with E-state index in [0.29, 0.717) is 13.0 Å². The van der Waals surface area contributed by atoms with Crippen LogP contribution in [0, 0.1) is 35.5 Å². The predicted molar refractivity (Wildman–Crippen MR) is 207 cm³/mol. The molecule has 10 nitrogen and oxygen atoms in total. The van der Waals surface area contributed by atoms with Crippen molar-refractivity contribution in [3.05, 3.63) is 35.9 Å². The molecule has 0 spiro atoms. The van der Waals surface area contributed by atoms with E-state index in [2.05, 4.69) is 13.8 Å². The molecule has 1 unspecified atom stereocenters. The Bertz CT molecular complexity index is 1260. The molecule has 2 rings (SSSR count). The molecule has 1 aliphatic heterocycles. The van der Waals surface area contributed by atoms with Gasteiger partial charge in [-0.05, 0) is 56.2 Å². The van der Waals surface area contributed by atoms with Crippen LogP contribution in [0.1, 0.15) is 106 Å². The number of amides is 2. The topological polar surface area (TPSA) is 117 Å². The zero-order valence-corrected chi connectivity index (χ0v) is 34.5. The highest BCUT2D eigenvalue weighted by Gasteiger charge is 2.43. The van der Waals surface area contributed by atoms with Crippen LogP contribution >= 0.6 is 0 Å². The maximum atomic E-state index is 14.3. The molecule has 0 saturated carbocycles. The summed E-state index contributed by atoms with van der Waals surface area (Å²) >= 11 is 0. The number of hydrogen-bond donors (Lipinski definition) is 1. The van der Waals surface area contributed by atoms with Gasteiger partial charge in [0.2, 0.25) is 11.8 Å². The molecule has 0 aromatic heterocycles. The van der Waals surface area contributed by atoms with Crippen LogP contribution in [-0.2, 0) is 28.7 Å². The second-order valence-corrected chi connectivity index (χ2v) is 16.3. The Balaban J connectivity index is 2.25. The lowest BCUT2D eigenvalue weighted by Crippen LogP contribution is -2.54. The number of ether oxygens (including phenoxy) is 2. The number of aliphatic hydroxyl groups excluding tert-OH is 1. The van der Waals surface area contributed by atoms with Gasteiger partial charge >= 0.3 is 0 Å². The standard InChI is InChI=1S/C42H71N3O7/c1-14-28(6)39(44(11)42(50)32(26(2)3)24-35(47)38(27(4)5)43(9)10)36(51-12)25-37(48)45-22-18-21-33(45)41(52-13)30(8)34(46)23-29(7)40(49)31-19-16-15-17-20-31/h15-17,19-20,26-30,32-33,36,38-41,49H,14,18,21-25H2,1-13H3/t28-,29-,30-,32-,33-,36+,38-,39?,40+,41+/m0/s1. The van der Waals surface area contributed by atoms with Crippen molar-refractivity contribution in [2.24, 2.45) is 35.5 Å². The van der Waals surface area contributed by atoms with Crippen LogP contribution in [0.15, 0.2) is 30.3 Å². The zero-order valence-electron chi connectivity index (χ0n) is 34.5. The van der Waals surface area contributed by atoms with Gasteiger partial charge in [0.25, 0.3) is 0 Å². The summed E-state index contributed by atoms with van der Waals surface area (Å²) in [5.74, 6) is -1.35. The van der Waals surface area contributed by atoms with Crippen molar-refractivity contribution < 1.29 is 33.8 Å². The van der Waals surface area contributed by atoms with E-state index in [0.717, 1.165) is 18.4 Å². The summed E-state index contributed by atoms with van der Waals surface area (Å²) in [6.07, 6.45) is 0.847. The molecular weight excluding hydrogens is 658 g/mol. The number of nitrogens with zero attached hydrogens (tertiary/aromatic N) is 3. The highest BCUT2D eigenvalue weighted by atomic mass is 16.5. The number of hydrogen-bond acceptors (Lipinski definition) is 8. The van der Waals surface area contributed by atoms with E-state index in [-0.39, 0.29) is 78.4 Å². The molecule has 10 atom stereocenters. The Morgan fingerprint density at radius 3 is 1.96 bits per heavy atom. The number of likely N-dealkylation sites (tertiary alicyclic amines) is 1. The molecule has 10 heteroatoms. The van der Waals surface area contributed by atoms with Gasteiger partial charge in [0.05, 0.1) is 42.9 Å². The Labute approximate surface area is 315 Å². The Hall–Kier alpha value is -2.66. The number of ketones is 2. The molecule has 296 valence electrons. The number of carbonyl (C=O) groups is 4. The number of Topliss-reactive ketones (excluding diaryl/α,β-unsaturated/α-hetero) is 2.